The summed E-state index contributed by atoms with van der Waals surface area (Å²) in [6.45, 7) is 4.65. The van der Waals surface area contributed by atoms with Crippen molar-refractivity contribution < 1.29 is 5.11 Å². The fourth-order valence-electron chi connectivity index (χ4n) is 1.80. The third-order valence-electron chi connectivity index (χ3n) is 2.96. The van der Waals surface area contributed by atoms with Crippen LogP contribution in [-0.4, -0.2) is 22.7 Å². The summed E-state index contributed by atoms with van der Waals surface area (Å²) in [7, 11) is 0. The lowest BCUT2D eigenvalue weighted by Crippen LogP contribution is -2.28. The van der Waals surface area contributed by atoms with Gasteiger partial charge in [0.15, 0.2) is 0 Å². The van der Waals surface area contributed by atoms with Gasteiger partial charge >= 0.3 is 0 Å². The van der Waals surface area contributed by atoms with Crippen LogP contribution in [0.2, 0.25) is 0 Å². The maximum Gasteiger partial charge on any atom is 0.149 e. The highest BCUT2D eigenvalue weighted by Gasteiger charge is 2.15. The summed E-state index contributed by atoms with van der Waals surface area (Å²) in [4.78, 5) is 4.17. The molecule has 17 heavy (non-hydrogen) atoms. The Kier molecular flexibility index (Phi) is 5.71. The van der Waals surface area contributed by atoms with E-state index in [4.69, 9.17) is 5.73 Å². The Labute approximate surface area is 111 Å². The smallest absolute Gasteiger partial charge is 0.149 e. The molecule has 0 radical (unpaired) electrons. The van der Waals surface area contributed by atoms with Crippen molar-refractivity contribution in [1.29, 1.82) is 0 Å². The summed E-state index contributed by atoms with van der Waals surface area (Å²) >= 11 is 3.30. The van der Waals surface area contributed by atoms with Crippen molar-refractivity contribution in [1.82, 2.24) is 4.98 Å². The van der Waals surface area contributed by atoms with Gasteiger partial charge < -0.3 is 16.2 Å². The van der Waals surface area contributed by atoms with Gasteiger partial charge in [0.05, 0.1) is 11.8 Å². The Morgan fingerprint density at radius 1 is 1.47 bits per heavy atom. The van der Waals surface area contributed by atoms with Crippen LogP contribution in [0.5, 0.6) is 0 Å². The summed E-state index contributed by atoms with van der Waals surface area (Å²) < 4.78 is 0.848. The van der Waals surface area contributed by atoms with E-state index >= 15 is 0 Å². The molecule has 5 heteroatoms. The lowest BCUT2D eigenvalue weighted by Gasteiger charge is -2.20. The van der Waals surface area contributed by atoms with E-state index in [0.717, 1.165) is 17.3 Å². The summed E-state index contributed by atoms with van der Waals surface area (Å²) in [5, 5.41) is 13.1. The first-order valence-corrected chi connectivity index (χ1v) is 6.70. The van der Waals surface area contributed by atoms with E-state index in [-0.39, 0.29) is 6.10 Å². The molecule has 0 aromatic carbocycles. The first-order chi connectivity index (χ1) is 8.08. The Morgan fingerprint density at radius 3 is 2.65 bits per heavy atom. The zero-order valence-corrected chi connectivity index (χ0v) is 11.9. The van der Waals surface area contributed by atoms with Crippen LogP contribution in [0.3, 0.4) is 0 Å². The summed E-state index contributed by atoms with van der Waals surface area (Å²) in [5.74, 6) is 0.942. The van der Waals surface area contributed by atoms with Crippen molar-refractivity contribution in [2.45, 2.75) is 32.8 Å². The molecule has 1 heterocycles. The van der Waals surface area contributed by atoms with E-state index in [1.54, 1.807) is 12.3 Å². The first-order valence-electron chi connectivity index (χ1n) is 5.91. The van der Waals surface area contributed by atoms with Crippen LogP contribution in [0.4, 0.5) is 11.5 Å². The number of hydrogen-bond donors (Lipinski definition) is 3. The highest BCUT2D eigenvalue weighted by Crippen LogP contribution is 2.20. The van der Waals surface area contributed by atoms with Crippen LogP contribution in [0.1, 0.15) is 26.7 Å². The van der Waals surface area contributed by atoms with Crippen LogP contribution in [0.25, 0.3) is 0 Å². The third-order valence-corrected chi connectivity index (χ3v) is 3.39. The normalized spacial score (nSPS) is 12.8. The minimum Gasteiger partial charge on any atom is -0.396 e. The van der Waals surface area contributed by atoms with Crippen molar-refractivity contribution in [3.8, 4) is 0 Å². The Bertz CT molecular complexity index is 356. The molecular weight excluding hydrogens is 282 g/mol. The van der Waals surface area contributed by atoms with Crippen LogP contribution in [0.15, 0.2) is 16.7 Å². The van der Waals surface area contributed by atoms with Crippen LogP contribution >= 0.6 is 15.9 Å². The topological polar surface area (TPSA) is 71.2 Å². The summed E-state index contributed by atoms with van der Waals surface area (Å²) in [5.41, 5.74) is 6.39. The lowest BCUT2D eigenvalue weighted by molar-refractivity contribution is 0.114. The van der Waals surface area contributed by atoms with E-state index in [0.29, 0.717) is 24.0 Å². The van der Waals surface area contributed by atoms with Crippen molar-refractivity contribution in [3.63, 3.8) is 0 Å². The standard InChI is InChI=1S/C12H20BrN3O/c1-3-8(4-2)11(17)7-16-12-10(14)5-9(13)6-15-12/h5-6,8,11,17H,3-4,7,14H2,1-2H3,(H,15,16). The number of nitrogen functional groups attached to an aromatic ring is 1. The molecule has 4 nitrogen and oxygen atoms in total. The average Bonchev–Trinajstić information content (AvgIpc) is 2.29. The molecule has 4 N–H and O–H groups in total. The third kappa shape index (κ3) is 4.16. The van der Waals surface area contributed by atoms with Crippen molar-refractivity contribution in [2.24, 2.45) is 5.92 Å². The minimum atomic E-state index is -0.366. The molecule has 0 aliphatic carbocycles. The van der Waals surface area contributed by atoms with Crippen LogP contribution in [-0.2, 0) is 0 Å². The molecule has 1 aromatic heterocycles. The van der Waals surface area contributed by atoms with Crippen molar-refractivity contribution >= 4 is 27.4 Å². The number of aromatic nitrogens is 1. The van der Waals surface area contributed by atoms with Crippen LogP contribution < -0.4 is 11.1 Å². The number of aliphatic hydroxyl groups excluding tert-OH is 1. The quantitative estimate of drug-likeness (QED) is 0.755. The Balaban J connectivity index is 2.55. The molecule has 1 rings (SSSR count). The lowest BCUT2D eigenvalue weighted by atomic mass is 9.96. The number of anilines is 2. The predicted molar refractivity (Wildman–Crippen MR) is 74.9 cm³/mol. The second kappa shape index (κ2) is 6.81. The molecule has 0 aliphatic heterocycles. The molecule has 1 atom stereocenters. The van der Waals surface area contributed by atoms with Crippen molar-refractivity contribution in [3.05, 3.63) is 16.7 Å². The molecule has 0 bridgehead atoms. The SMILES string of the molecule is CCC(CC)C(O)CNc1ncc(Br)cc1N. The molecule has 96 valence electrons. The molecule has 0 saturated heterocycles. The van der Waals surface area contributed by atoms with Gasteiger partial charge in [-0.3, -0.25) is 0 Å². The monoisotopic (exact) mass is 301 g/mol. The number of hydrogen-bond acceptors (Lipinski definition) is 4. The molecule has 0 fully saturated rings. The second-order valence-corrected chi connectivity index (χ2v) is 5.03. The fraction of sp³-hybridized carbons (Fsp3) is 0.583. The largest absolute Gasteiger partial charge is 0.396 e. The van der Waals surface area contributed by atoms with E-state index in [1.807, 2.05) is 0 Å². The molecule has 0 aliphatic rings. The fourth-order valence-corrected chi connectivity index (χ4v) is 2.15. The number of nitrogens with zero attached hydrogens (tertiary/aromatic N) is 1. The zero-order chi connectivity index (χ0) is 12.8. The second-order valence-electron chi connectivity index (χ2n) is 4.12. The maximum atomic E-state index is 9.98. The van der Waals surface area contributed by atoms with Gasteiger partial charge in [-0.25, -0.2) is 4.98 Å². The van der Waals surface area contributed by atoms with E-state index < -0.39 is 0 Å². The first kappa shape index (κ1) is 14.3. The molecule has 0 amide bonds. The highest BCUT2D eigenvalue weighted by molar-refractivity contribution is 9.10. The van der Waals surface area contributed by atoms with Gasteiger partial charge in [0.2, 0.25) is 0 Å². The van der Waals surface area contributed by atoms with Gasteiger partial charge in [-0.1, -0.05) is 26.7 Å². The van der Waals surface area contributed by atoms with Gasteiger partial charge in [-0.05, 0) is 27.9 Å². The number of nitrogens with two attached hydrogens (primary N) is 1. The average molecular weight is 302 g/mol. The molecule has 0 spiro atoms. The maximum absolute atomic E-state index is 9.98. The number of halogens is 1. The zero-order valence-electron chi connectivity index (χ0n) is 10.3. The van der Waals surface area contributed by atoms with Gasteiger partial charge in [0.1, 0.15) is 5.82 Å². The van der Waals surface area contributed by atoms with Gasteiger partial charge in [-0.2, -0.15) is 0 Å². The van der Waals surface area contributed by atoms with E-state index in [9.17, 15) is 5.11 Å². The predicted octanol–water partition coefficient (Wildman–Crippen LogP) is 2.64. The van der Waals surface area contributed by atoms with Crippen LogP contribution in [0, 0.1) is 5.92 Å². The number of aliphatic hydroxyl groups is 1. The molecule has 0 saturated carbocycles. The van der Waals surface area contributed by atoms with Crippen molar-refractivity contribution in [2.75, 3.05) is 17.6 Å². The minimum absolute atomic E-state index is 0.319. The van der Waals surface area contributed by atoms with E-state index in [2.05, 4.69) is 40.1 Å². The molecular formula is C12H20BrN3O. The van der Waals surface area contributed by atoms with Gasteiger partial charge in [-0.15, -0.1) is 0 Å². The van der Waals surface area contributed by atoms with Gasteiger partial charge in [0, 0.05) is 17.2 Å². The highest BCUT2D eigenvalue weighted by atomic mass is 79.9. The van der Waals surface area contributed by atoms with Gasteiger partial charge in [0.25, 0.3) is 0 Å². The number of nitrogens with one attached hydrogen (secondary N) is 1. The number of rotatable bonds is 6. The Morgan fingerprint density at radius 2 is 2.12 bits per heavy atom. The summed E-state index contributed by atoms with van der Waals surface area (Å²) in [6.07, 6.45) is 3.27. The Hall–Kier alpha value is -0.810. The number of pyridine rings is 1. The molecule has 1 unspecified atom stereocenters. The van der Waals surface area contributed by atoms with E-state index in [1.165, 1.54) is 0 Å². The summed E-state index contributed by atoms with van der Waals surface area (Å²) in [6, 6.07) is 1.79. The molecule has 1 aromatic rings.